The van der Waals surface area contributed by atoms with Crippen molar-refractivity contribution >= 4 is 17.6 Å². The van der Waals surface area contributed by atoms with Gasteiger partial charge in [-0.05, 0) is 47.2 Å². The van der Waals surface area contributed by atoms with Crippen LogP contribution in [0.25, 0.3) is 0 Å². The Morgan fingerprint density at radius 1 is 1.21 bits per heavy atom. The summed E-state index contributed by atoms with van der Waals surface area (Å²) in [7, 11) is 0. The molecular weight excluding hydrogens is 324 g/mol. The van der Waals surface area contributed by atoms with Gasteiger partial charge in [0.2, 0.25) is 0 Å². The van der Waals surface area contributed by atoms with Crippen molar-refractivity contribution in [3.8, 4) is 5.75 Å². The summed E-state index contributed by atoms with van der Waals surface area (Å²) in [6.07, 6.45) is -0.703. The lowest BCUT2D eigenvalue weighted by Crippen LogP contribution is -2.30. The molecule has 0 saturated heterocycles. The summed E-state index contributed by atoms with van der Waals surface area (Å²) in [5.41, 5.74) is 2.73. The van der Waals surface area contributed by atoms with Gasteiger partial charge in [-0.25, -0.2) is 4.79 Å². The number of hydrogen-bond acceptors (Lipinski definition) is 2. The van der Waals surface area contributed by atoms with Crippen LogP contribution in [0.2, 0.25) is 5.02 Å². The molecule has 1 atom stereocenters. The Morgan fingerprint density at radius 2 is 1.88 bits per heavy atom. The fraction of sp³-hybridized carbons (Fsp3) is 0.350. The van der Waals surface area contributed by atoms with E-state index in [1.165, 1.54) is 0 Å². The molecule has 0 aromatic heterocycles. The highest BCUT2D eigenvalue weighted by molar-refractivity contribution is 6.30. The molecule has 0 aliphatic rings. The molecule has 0 saturated carbocycles. The SMILES string of the molecule is Cc1ccc(Cl)cc1CC(Oc1ccccc1C(C)(C)C)C(=O)O. The first kappa shape index (κ1) is 18.3. The van der Waals surface area contributed by atoms with Gasteiger partial charge in [0.1, 0.15) is 5.75 Å². The van der Waals surface area contributed by atoms with E-state index in [4.69, 9.17) is 16.3 Å². The molecule has 0 aliphatic heterocycles. The number of rotatable bonds is 5. The van der Waals surface area contributed by atoms with E-state index in [0.29, 0.717) is 10.8 Å². The van der Waals surface area contributed by atoms with Gasteiger partial charge in [-0.15, -0.1) is 0 Å². The van der Waals surface area contributed by atoms with Crippen LogP contribution in [0, 0.1) is 6.92 Å². The van der Waals surface area contributed by atoms with Gasteiger partial charge in [0, 0.05) is 11.4 Å². The van der Waals surface area contributed by atoms with Crippen LogP contribution in [-0.2, 0) is 16.6 Å². The van der Waals surface area contributed by atoms with Gasteiger partial charge in [0.25, 0.3) is 0 Å². The van der Waals surface area contributed by atoms with Crippen molar-refractivity contribution < 1.29 is 14.6 Å². The summed E-state index contributed by atoms with van der Waals surface area (Å²) in [4.78, 5) is 11.7. The first-order valence-corrected chi connectivity index (χ1v) is 8.30. The zero-order valence-electron chi connectivity index (χ0n) is 14.5. The van der Waals surface area contributed by atoms with Gasteiger partial charge >= 0.3 is 5.97 Å². The predicted molar refractivity (Wildman–Crippen MR) is 97.1 cm³/mol. The highest BCUT2D eigenvalue weighted by Gasteiger charge is 2.25. The first-order valence-electron chi connectivity index (χ1n) is 7.92. The van der Waals surface area contributed by atoms with Crippen molar-refractivity contribution in [3.63, 3.8) is 0 Å². The summed E-state index contributed by atoms with van der Waals surface area (Å²) in [6, 6.07) is 13.1. The number of hydrogen-bond donors (Lipinski definition) is 1. The molecule has 2 rings (SSSR count). The summed E-state index contributed by atoms with van der Waals surface area (Å²) in [6.45, 7) is 8.16. The summed E-state index contributed by atoms with van der Waals surface area (Å²) in [5, 5.41) is 10.2. The molecular formula is C20H23ClO3. The van der Waals surface area contributed by atoms with Crippen molar-refractivity contribution in [1.82, 2.24) is 0 Å². The van der Waals surface area contributed by atoms with Crippen molar-refractivity contribution in [1.29, 1.82) is 0 Å². The summed E-state index contributed by atoms with van der Waals surface area (Å²) in [5.74, 6) is -0.379. The Labute approximate surface area is 148 Å². The van der Waals surface area contributed by atoms with Crippen molar-refractivity contribution in [2.75, 3.05) is 0 Å². The van der Waals surface area contributed by atoms with Crippen LogP contribution in [0.15, 0.2) is 42.5 Å². The molecule has 3 nitrogen and oxygen atoms in total. The maximum atomic E-state index is 11.7. The van der Waals surface area contributed by atoms with Crippen LogP contribution in [0.1, 0.15) is 37.5 Å². The molecule has 0 heterocycles. The zero-order valence-corrected chi connectivity index (χ0v) is 15.2. The van der Waals surface area contributed by atoms with E-state index < -0.39 is 12.1 Å². The average molecular weight is 347 g/mol. The highest BCUT2D eigenvalue weighted by atomic mass is 35.5. The number of aliphatic carboxylic acids is 1. The first-order chi connectivity index (χ1) is 11.2. The highest BCUT2D eigenvalue weighted by Crippen LogP contribution is 2.32. The third-order valence-corrected chi connectivity index (χ3v) is 4.19. The Kier molecular flexibility index (Phi) is 5.55. The molecule has 2 aromatic carbocycles. The van der Waals surface area contributed by atoms with Crippen LogP contribution in [0.4, 0.5) is 0 Å². The molecule has 0 spiro atoms. The molecule has 1 N–H and O–H groups in total. The second kappa shape index (κ2) is 7.27. The molecule has 0 amide bonds. The lowest BCUT2D eigenvalue weighted by Gasteiger charge is -2.25. The minimum absolute atomic E-state index is 0.133. The lowest BCUT2D eigenvalue weighted by molar-refractivity contribution is -0.145. The molecule has 0 aliphatic carbocycles. The molecule has 2 aromatic rings. The smallest absolute Gasteiger partial charge is 0.345 e. The number of ether oxygens (including phenoxy) is 1. The number of para-hydroxylation sites is 1. The number of benzene rings is 2. The van der Waals surface area contributed by atoms with Crippen LogP contribution >= 0.6 is 11.6 Å². The fourth-order valence-electron chi connectivity index (χ4n) is 2.58. The minimum atomic E-state index is -0.988. The third-order valence-electron chi connectivity index (χ3n) is 3.96. The van der Waals surface area contributed by atoms with Gasteiger partial charge in [0.05, 0.1) is 0 Å². The summed E-state index contributed by atoms with van der Waals surface area (Å²) >= 11 is 6.04. The predicted octanol–water partition coefficient (Wildman–Crippen LogP) is 5.02. The lowest BCUT2D eigenvalue weighted by atomic mass is 9.86. The van der Waals surface area contributed by atoms with Crippen molar-refractivity contribution in [2.24, 2.45) is 0 Å². The Morgan fingerprint density at radius 3 is 2.50 bits per heavy atom. The fourth-order valence-corrected chi connectivity index (χ4v) is 2.78. The molecule has 0 fully saturated rings. The Bertz CT molecular complexity index is 732. The largest absolute Gasteiger partial charge is 0.478 e. The van der Waals surface area contributed by atoms with Crippen LogP contribution in [-0.4, -0.2) is 17.2 Å². The minimum Gasteiger partial charge on any atom is -0.478 e. The summed E-state index contributed by atoms with van der Waals surface area (Å²) < 4.78 is 5.89. The average Bonchev–Trinajstić information content (AvgIpc) is 2.49. The standard InChI is InChI=1S/C20H23ClO3/c1-13-9-10-15(21)11-14(13)12-18(19(22)23)24-17-8-6-5-7-16(17)20(2,3)4/h5-11,18H,12H2,1-4H3,(H,22,23). The van der Waals surface area contributed by atoms with E-state index in [1.807, 2.05) is 37.3 Å². The topological polar surface area (TPSA) is 46.5 Å². The second-order valence-corrected chi connectivity index (χ2v) is 7.40. The van der Waals surface area contributed by atoms with Crippen LogP contribution in [0.3, 0.4) is 0 Å². The van der Waals surface area contributed by atoms with E-state index in [1.54, 1.807) is 12.1 Å². The van der Waals surface area contributed by atoms with Gasteiger partial charge in [-0.3, -0.25) is 0 Å². The molecule has 0 bridgehead atoms. The second-order valence-electron chi connectivity index (χ2n) is 6.97. The van der Waals surface area contributed by atoms with E-state index in [9.17, 15) is 9.90 Å². The number of halogens is 1. The van der Waals surface area contributed by atoms with Gasteiger partial charge in [0.15, 0.2) is 6.10 Å². The van der Waals surface area contributed by atoms with Gasteiger partial charge in [-0.1, -0.05) is 56.6 Å². The maximum Gasteiger partial charge on any atom is 0.345 e. The van der Waals surface area contributed by atoms with Crippen molar-refractivity contribution in [2.45, 2.75) is 45.6 Å². The Hall–Kier alpha value is -2.00. The number of carbonyl (C=O) groups is 1. The monoisotopic (exact) mass is 346 g/mol. The number of carboxylic acids is 1. The normalized spacial score (nSPS) is 12.7. The molecule has 0 radical (unpaired) electrons. The third kappa shape index (κ3) is 4.51. The van der Waals surface area contributed by atoms with Crippen LogP contribution < -0.4 is 4.74 Å². The quantitative estimate of drug-likeness (QED) is 0.826. The van der Waals surface area contributed by atoms with Gasteiger partial charge in [-0.2, -0.15) is 0 Å². The Balaban J connectivity index is 2.31. The van der Waals surface area contributed by atoms with E-state index in [-0.39, 0.29) is 11.8 Å². The van der Waals surface area contributed by atoms with E-state index in [0.717, 1.165) is 16.7 Å². The zero-order chi connectivity index (χ0) is 17.9. The molecule has 24 heavy (non-hydrogen) atoms. The van der Waals surface area contributed by atoms with E-state index in [2.05, 4.69) is 20.8 Å². The van der Waals surface area contributed by atoms with Crippen molar-refractivity contribution in [3.05, 3.63) is 64.2 Å². The molecule has 1 unspecified atom stereocenters. The van der Waals surface area contributed by atoms with Crippen LogP contribution in [0.5, 0.6) is 5.75 Å². The number of carboxylic acid groups (broad SMARTS) is 1. The van der Waals surface area contributed by atoms with Gasteiger partial charge < -0.3 is 9.84 Å². The maximum absolute atomic E-state index is 11.7. The molecule has 4 heteroatoms. The van der Waals surface area contributed by atoms with E-state index >= 15 is 0 Å². The molecule has 128 valence electrons. The number of aryl methyl sites for hydroxylation is 1.